The molecule has 0 saturated carbocycles. The maximum absolute atomic E-state index is 11.2. The zero-order valence-electron chi connectivity index (χ0n) is 7.81. The van der Waals surface area contributed by atoms with Gasteiger partial charge in [0.25, 0.3) is 0 Å². The Hall–Kier alpha value is -0.180. The number of hydrazine groups is 1. The summed E-state index contributed by atoms with van der Waals surface area (Å²) in [4.78, 5) is 0. The van der Waals surface area contributed by atoms with Gasteiger partial charge in [0.05, 0.1) is 11.5 Å². The predicted octanol–water partition coefficient (Wildman–Crippen LogP) is -0.878. The van der Waals surface area contributed by atoms with Gasteiger partial charge in [-0.15, -0.1) is 0 Å². The van der Waals surface area contributed by atoms with Crippen molar-refractivity contribution in [1.29, 1.82) is 0 Å². The normalized spacial score (nSPS) is 13.5. The summed E-state index contributed by atoms with van der Waals surface area (Å²) in [6.45, 7) is 2.76. The average molecular weight is 230 g/mol. The molecule has 0 rings (SSSR count). The molecule has 0 radical (unpaired) electrons. The summed E-state index contributed by atoms with van der Waals surface area (Å²) in [7, 11) is -6.24. The first-order chi connectivity index (χ1) is 5.81. The Labute approximate surface area is 79.0 Å². The van der Waals surface area contributed by atoms with E-state index in [2.05, 4.69) is 5.43 Å². The van der Waals surface area contributed by atoms with Crippen molar-refractivity contribution in [3.05, 3.63) is 0 Å². The number of hydrogen-bond acceptors (Lipinski definition) is 5. The van der Waals surface area contributed by atoms with Gasteiger partial charge in [0.1, 0.15) is 0 Å². The molecule has 0 aromatic heterocycles. The quantitative estimate of drug-likeness (QED) is 0.620. The highest BCUT2D eigenvalue weighted by Gasteiger charge is 2.29. The van der Waals surface area contributed by atoms with Gasteiger partial charge in [-0.05, 0) is 17.7 Å². The number of nitrogens with zero attached hydrogens (tertiary/aromatic N) is 1. The van der Waals surface area contributed by atoms with Gasteiger partial charge < -0.3 is 0 Å². The number of hydrogen-bond donors (Lipinski definition) is 1. The van der Waals surface area contributed by atoms with Crippen LogP contribution in [-0.4, -0.2) is 39.2 Å². The lowest BCUT2D eigenvalue weighted by Gasteiger charge is -2.18. The van der Waals surface area contributed by atoms with Crippen molar-refractivity contribution in [1.82, 2.24) is 9.25 Å². The molecular weight excluding hydrogens is 216 g/mol. The average Bonchev–Trinajstić information content (AvgIpc) is 2.05. The lowest BCUT2D eigenvalue weighted by Crippen LogP contribution is -2.46. The van der Waals surface area contributed by atoms with Gasteiger partial charge in [0, 0.05) is 7.05 Å². The van der Waals surface area contributed by atoms with Gasteiger partial charge in [-0.25, -0.2) is 22.3 Å². The van der Waals surface area contributed by atoms with Crippen molar-refractivity contribution in [3.63, 3.8) is 0 Å². The third kappa shape index (κ3) is 2.90. The van der Waals surface area contributed by atoms with Gasteiger partial charge in [-0.1, -0.05) is 0 Å². The van der Waals surface area contributed by atoms with Gasteiger partial charge in [0.2, 0.25) is 20.0 Å². The zero-order chi connectivity index (χ0) is 10.7. The molecule has 0 saturated heterocycles. The lowest BCUT2D eigenvalue weighted by molar-refractivity contribution is 0.455. The molecule has 0 spiro atoms. The maximum atomic E-state index is 11.2. The Morgan fingerprint density at radius 2 is 1.31 bits per heavy atom. The Morgan fingerprint density at radius 3 is 1.46 bits per heavy atom. The Bertz CT molecular complexity index is 311. The molecule has 0 aromatic carbocycles. The number of rotatable bonds is 5. The molecule has 0 aliphatic rings. The molecule has 0 aromatic rings. The minimum atomic E-state index is -3.75. The van der Waals surface area contributed by atoms with Gasteiger partial charge in [-0.2, -0.15) is 0 Å². The standard InChI is InChI=1S/C5H14N2O4S2/c1-4-12(8,9)7(6-3)13(10,11)5-2/h6H,4-5H2,1-3H3. The summed E-state index contributed by atoms with van der Waals surface area (Å²) in [5.41, 5.74) is 2.14. The van der Waals surface area contributed by atoms with Gasteiger partial charge in [0.15, 0.2) is 0 Å². The van der Waals surface area contributed by atoms with Crippen molar-refractivity contribution < 1.29 is 16.8 Å². The van der Waals surface area contributed by atoms with Crippen LogP contribution >= 0.6 is 0 Å². The van der Waals surface area contributed by atoms with E-state index in [0.29, 0.717) is 3.82 Å². The molecule has 0 bridgehead atoms. The Morgan fingerprint density at radius 1 is 1.00 bits per heavy atom. The van der Waals surface area contributed by atoms with E-state index in [0.717, 1.165) is 0 Å². The van der Waals surface area contributed by atoms with Gasteiger partial charge >= 0.3 is 0 Å². The SMILES string of the molecule is CCS(=O)(=O)N(NC)S(=O)(=O)CC. The first-order valence-electron chi connectivity index (χ1n) is 3.75. The van der Waals surface area contributed by atoms with E-state index in [-0.39, 0.29) is 11.5 Å². The van der Waals surface area contributed by atoms with E-state index >= 15 is 0 Å². The van der Waals surface area contributed by atoms with E-state index in [1.165, 1.54) is 20.9 Å². The summed E-state index contributed by atoms with van der Waals surface area (Å²) in [6.07, 6.45) is 0. The lowest BCUT2D eigenvalue weighted by atomic mass is 11.0. The third-order valence-electron chi connectivity index (χ3n) is 1.42. The van der Waals surface area contributed by atoms with E-state index in [9.17, 15) is 16.8 Å². The van der Waals surface area contributed by atoms with Gasteiger partial charge in [-0.3, -0.25) is 0 Å². The second-order valence-electron chi connectivity index (χ2n) is 2.22. The van der Waals surface area contributed by atoms with E-state index < -0.39 is 20.0 Å². The van der Waals surface area contributed by atoms with Crippen LogP contribution in [0.3, 0.4) is 0 Å². The molecule has 1 N–H and O–H groups in total. The van der Waals surface area contributed by atoms with Crippen LogP contribution in [0.2, 0.25) is 0 Å². The van der Waals surface area contributed by atoms with Crippen LogP contribution in [0.4, 0.5) is 0 Å². The molecule has 0 atom stereocenters. The largest absolute Gasteiger partial charge is 0.240 e. The fourth-order valence-electron chi connectivity index (χ4n) is 0.686. The topological polar surface area (TPSA) is 83.6 Å². The van der Waals surface area contributed by atoms with Crippen molar-refractivity contribution in [3.8, 4) is 0 Å². The second-order valence-corrected chi connectivity index (χ2v) is 6.67. The molecule has 6 nitrogen and oxygen atoms in total. The molecule has 0 amide bonds. The fraction of sp³-hybridized carbons (Fsp3) is 1.00. The van der Waals surface area contributed by atoms with E-state index in [4.69, 9.17) is 0 Å². The van der Waals surface area contributed by atoms with Crippen molar-refractivity contribution in [2.75, 3.05) is 18.6 Å². The van der Waals surface area contributed by atoms with E-state index in [1.807, 2.05) is 0 Å². The van der Waals surface area contributed by atoms with Crippen LogP contribution in [0.25, 0.3) is 0 Å². The third-order valence-corrected chi connectivity index (χ3v) is 5.62. The zero-order valence-corrected chi connectivity index (χ0v) is 9.44. The number of sulfonamides is 2. The van der Waals surface area contributed by atoms with E-state index in [1.54, 1.807) is 0 Å². The molecule has 0 fully saturated rings. The molecule has 0 aliphatic heterocycles. The summed E-state index contributed by atoms with van der Waals surface area (Å²) in [5.74, 6) is -0.514. The molecular formula is C5H14N2O4S2. The minimum Gasteiger partial charge on any atom is -0.230 e. The molecule has 80 valence electrons. The molecule has 0 unspecified atom stereocenters. The fourth-order valence-corrected chi connectivity index (χ4v) is 3.73. The van der Waals surface area contributed by atoms with Crippen molar-refractivity contribution in [2.45, 2.75) is 13.8 Å². The number of nitrogens with one attached hydrogen (secondary N) is 1. The molecule has 0 heterocycles. The first-order valence-corrected chi connectivity index (χ1v) is 6.97. The Kier molecular flexibility index (Phi) is 4.30. The molecule has 13 heavy (non-hydrogen) atoms. The van der Waals surface area contributed by atoms with Crippen LogP contribution in [0, 0.1) is 0 Å². The highest BCUT2D eigenvalue weighted by molar-refractivity contribution is 8.03. The smallest absolute Gasteiger partial charge is 0.230 e. The first kappa shape index (κ1) is 12.8. The molecule has 8 heteroatoms. The maximum Gasteiger partial charge on any atom is 0.240 e. The second kappa shape index (κ2) is 4.36. The highest BCUT2D eigenvalue weighted by Crippen LogP contribution is 2.05. The van der Waals surface area contributed by atoms with Crippen LogP contribution in [0.5, 0.6) is 0 Å². The van der Waals surface area contributed by atoms with Crippen LogP contribution in [0.15, 0.2) is 0 Å². The Balaban J connectivity index is 5.18. The minimum absolute atomic E-state index is 0.257. The predicted molar refractivity (Wildman–Crippen MR) is 49.8 cm³/mol. The highest BCUT2D eigenvalue weighted by atomic mass is 32.3. The van der Waals surface area contributed by atoms with Crippen molar-refractivity contribution >= 4 is 20.0 Å². The monoisotopic (exact) mass is 230 g/mol. The summed E-state index contributed by atoms with van der Waals surface area (Å²) in [5, 5.41) is 0. The summed E-state index contributed by atoms with van der Waals surface area (Å²) in [6, 6.07) is 0. The summed E-state index contributed by atoms with van der Waals surface area (Å²) >= 11 is 0. The summed E-state index contributed by atoms with van der Waals surface area (Å²) < 4.78 is 45.2. The van der Waals surface area contributed by atoms with Crippen LogP contribution in [-0.2, 0) is 20.0 Å². The van der Waals surface area contributed by atoms with Crippen molar-refractivity contribution in [2.24, 2.45) is 0 Å². The van der Waals surface area contributed by atoms with Crippen LogP contribution < -0.4 is 5.43 Å². The molecule has 0 aliphatic carbocycles. The van der Waals surface area contributed by atoms with Crippen LogP contribution in [0.1, 0.15) is 13.8 Å².